The van der Waals surface area contributed by atoms with Crippen molar-refractivity contribution in [2.24, 2.45) is 0 Å². The Bertz CT molecular complexity index is 359. The van der Waals surface area contributed by atoms with Crippen molar-refractivity contribution in [3.05, 3.63) is 12.4 Å². The Morgan fingerprint density at radius 1 is 1.11 bits per heavy atom. The van der Waals surface area contributed by atoms with Crippen molar-refractivity contribution in [1.82, 2.24) is 4.57 Å². The fraction of sp³-hybridized carbons (Fsp3) is 0.733. The molecule has 0 aromatic carbocycles. The van der Waals surface area contributed by atoms with Gasteiger partial charge in [-0.25, -0.2) is 0 Å². The summed E-state index contributed by atoms with van der Waals surface area (Å²) < 4.78 is 13.6. The molecule has 0 saturated carbocycles. The average Bonchev–Trinajstić information content (AvgIpc) is 2.75. The van der Waals surface area contributed by atoms with Crippen molar-refractivity contribution in [2.75, 3.05) is 6.61 Å². The summed E-state index contributed by atoms with van der Waals surface area (Å²) in [6.45, 7) is 6.02. The van der Waals surface area contributed by atoms with Gasteiger partial charge in [0, 0.05) is 12.7 Å². The zero-order valence-corrected chi connectivity index (χ0v) is 11.7. The Labute approximate surface area is 110 Å². The maximum Gasteiger partial charge on any atom is 0.179 e. The number of aromatic nitrogens is 1. The molecule has 18 heavy (non-hydrogen) atoms. The molecule has 1 aliphatic rings. The molecule has 1 aromatic heterocycles. The lowest BCUT2D eigenvalue weighted by molar-refractivity contribution is 0.106. The summed E-state index contributed by atoms with van der Waals surface area (Å²) in [6, 6.07) is 0. The van der Waals surface area contributed by atoms with Gasteiger partial charge in [0.05, 0.1) is 6.20 Å². The number of hydrogen-bond acceptors (Lipinski definition) is 2. The molecule has 1 unspecified atom stereocenters. The lowest BCUT2D eigenvalue weighted by atomic mass is 10.1. The van der Waals surface area contributed by atoms with E-state index in [2.05, 4.69) is 23.9 Å². The smallest absolute Gasteiger partial charge is 0.179 e. The highest BCUT2D eigenvalue weighted by Crippen LogP contribution is 2.32. The third-order valence-electron chi connectivity index (χ3n) is 3.38. The van der Waals surface area contributed by atoms with Crippen LogP contribution in [0.15, 0.2) is 12.4 Å². The second kappa shape index (κ2) is 6.72. The molecule has 1 aliphatic heterocycles. The zero-order chi connectivity index (χ0) is 12.8. The van der Waals surface area contributed by atoms with Crippen molar-refractivity contribution in [3.63, 3.8) is 0 Å². The number of rotatable bonds is 7. The predicted octanol–water partition coefficient (Wildman–Crippen LogP) is 4.01. The predicted molar refractivity (Wildman–Crippen MR) is 73.4 cm³/mol. The fourth-order valence-corrected chi connectivity index (χ4v) is 2.32. The van der Waals surface area contributed by atoms with Crippen molar-refractivity contribution in [2.45, 2.75) is 65.0 Å². The van der Waals surface area contributed by atoms with Crippen LogP contribution >= 0.6 is 0 Å². The third kappa shape index (κ3) is 3.69. The second-order valence-electron chi connectivity index (χ2n) is 5.23. The maximum atomic E-state index is 5.73. The van der Waals surface area contributed by atoms with Crippen LogP contribution in [0.5, 0.6) is 11.5 Å². The van der Waals surface area contributed by atoms with E-state index < -0.39 is 0 Å². The molecule has 0 saturated heterocycles. The summed E-state index contributed by atoms with van der Waals surface area (Å²) in [5.41, 5.74) is 0. The molecule has 2 heterocycles. The van der Waals surface area contributed by atoms with E-state index in [9.17, 15) is 0 Å². The number of aryl methyl sites for hydroxylation is 1. The van der Waals surface area contributed by atoms with Crippen LogP contribution in [-0.2, 0) is 6.54 Å². The molecular weight excluding hydrogens is 226 g/mol. The SMILES string of the molecule is CCCCCCCCn1cc2c(c1)OC(C)CO2. The molecule has 3 heteroatoms. The van der Waals surface area contributed by atoms with Gasteiger partial charge in [-0.05, 0) is 13.3 Å². The molecule has 0 amide bonds. The van der Waals surface area contributed by atoms with E-state index in [-0.39, 0.29) is 6.10 Å². The van der Waals surface area contributed by atoms with E-state index in [0.29, 0.717) is 6.61 Å². The number of ether oxygens (including phenoxy) is 2. The molecule has 2 rings (SSSR count). The van der Waals surface area contributed by atoms with E-state index >= 15 is 0 Å². The van der Waals surface area contributed by atoms with Gasteiger partial charge in [-0.3, -0.25) is 0 Å². The molecule has 0 bridgehead atoms. The van der Waals surface area contributed by atoms with Crippen molar-refractivity contribution in [3.8, 4) is 11.5 Å². The molecule has 1 atom stereocenters. The molecule has 3 nitrogen and oxygen atoms in total. The Kier molecular flexibility index (Phi) is 4.97. The maximum absolute atomic E-state index is 5.73. The van der Waals surface area contributed by atoms with Gasteiger partial charge in [0.2, 0.25) is 0 Å². The van der Waals surface area contributed by atoms with Gasteiger partial charge in [0.15, 0.2) is 11.5 Å². The molecule has 1 aromatic rings. The number of fused-ring (bicyclic) bond motifs is 1. The van der Waals surface area contributed by atoms with E-state index in [1.807, 2.05) is 6.92 Å². The fourth-order valence-electron chi connectivity index (χ4n) is 2.32. The molecule has 0 fully saturated rings. The first-order chi connectivity index (χ1) is 8.79. The summed E-state index contributed by atoms with van der Waals surface area (Å²) in [5, 5.41) is 0. The van der Waals surface area contributed by atoms with Crippen LogP contribution in [0.1, 0.15) is 52.4 Å². The van der Waals surface area contributed by atoms with E-state index in [4.69, 9.17) is 9.47 Å². The first-order valence-electron chi connectivity index (χ1n) is 7.29. The van der Waals surface area contributed by atoms with E-state index in [1.54, 1.807) is 0 Å². The first kappa shape index (κ1) is 13.3. The quantitative estimate of drug-likeness (QED) is 0.684. The van der Waals surface area contributed by atoms with E-state index in [0.717, 1.165) is 18.0 Å². The van der Waals surface area contributed by atoms with Gasteiger partial charge in [-0.2, -0.15) is 0 Å². The number of nitrogens with zero attached hydrogens (tertiary/aromatic N) is 1. The molecule has 0 spiro atoms. The molecule has 0 aliphatic carbocycles. The Balaban J connectivity index is 1.70. The Morgan fingerprint density at radius 3 is 2.67 bits per heavy atom. The van der Waals surface area contributed by atoms with Gasteiger partial charge < -0.3 is 14.0 Å². The minimum absolute atomic E-state index is 0.169. The second-order valence-corrected chi connectivity index (χ2v) is 5.23. The number of unbranched alkanes of at least 4 members (excludes halogenated alkanes) is 5. The van der Waals surface area contributed by atoms with Gasteiger partial charge in [0.1, 0.15) is 12.7 Å². The van der Waals surface area contributed by atoms with Crippen LogP contribution in [0.25, 0.3) is 0 Å². The van der Waals surface area contributed by atoms with Crippen LogP contribution in [0, 0.1) is 0 Å². The van der Waals surface area contributed by atoms with Gasteiger partial charge in [-0.1, -0.05) is 39.0 Å². The zero-order valence-electron chi connectivity index (χ0n) is 11.7. The van der Waals surface area contributed by atoms with Crippen LogP contribution in [-0.4, -0.2) is 17.3 Å². The summed E-state index contributed by atoms with van der Waals surface area (Å²) in [6.07, 6.45) is 12.3. The Hall–Kier alpha value is -1.12. The van der Waals surface area contributed by atoms with Crippen molar-refractivity contribution >= 4 is 0 Å². The Morgan fingerprint density at radius 2 is 1.83 bits per heavy atom. The topological polar surface area (TPSA) is 23.4 Å². The highest BCUT2D eigenvalue weighted by molar-refractivity contribution is 5.39. The summed E-state index contributed by atoms with van der Waals surface area (Å²) >= 11 is 0. The standard InChI is InChI=1S/C15H25NO2/c1-3-4-5-6-7-8-9-16-10-14-15(11-16)18-13(2)12-17-14/h10-11,13H,3-9,12H2,1-2H3. The highest BCUT2D eigenvalue weighted by Gasteiger charge is 2.18. The van der Waals surface area contributed by atoms with Crippen LogP contribution in [0.3, 0.4) is 0 Å². The van der Waals surface area contributed by atoms with Crippen molar-refractivity contribution in [1.29, 1.82) is 0 Å². The molecule has 0 radical (unpaired) electrons. The largest absolute Gasteiger partial charge is 0.484 e. The minimum Gasteiger partial charge on any atom is -0.484 e. The van der Waals surface area contributed by atoms with Gasteiger partial charge in [-0.15, -0.1) is 0 Å². The summed E-state index contributed by atoms with van der Waals surface area (Å²) in [4.78, 5) is 0. The highest BCUT2D eigenvalue weighted by atomic mass is 16.6. The van der Waals surface area contributed by atoms with Crippen LogP contribution in [0.2, 0.25) is 0 Å². The monoisotopic (exact) mass is 251 g/mol. The molecule has 0 N–H and O–H groups in total. The minimum atomic E-state index is 0.169. The average molecular weight is 251 g/mol. The van der Waals surface area contributed by atoms with Crippen LogP contribution < -0.4 is 9.47 Å². The lowest BCUT2D eigenvalue weighted by Crippen LogP contribution is -2.24. The van der Waals surface area contributed by atoms with E-state index in [1.165, 1.54) is 38.5 Å². The normalized spacial score (nSPS) is 18.0. The molecular formula is C15H25NO2. The van der Waals surface area contributed by atoms with Crippen LogP contribution in [0.4, 0.5) is 0 Å². The number of hydrogen-bond donors (Lipinski definition) is 0. The summed E-state index contributed by atoms with van der Waals surface area (Å²) in [7, 11) is 0. The molecule has 102 valence electrons. The van der Waals surface area contributed by atoms with Gasteiger partial charge >= 0.3 is 0 Å². The van der Waals surface area contributed by atoms with Crippen molar-refractivity contribution < 1.29 is 9.47 Å². The lowest BCUT2D eigenvalue weighted by Gasteiger charge is -2.20. The first-order valence-corrected chi connectivity index (χ1v) is 7.29. The van der Waals surface area contributed by atoms with Gasteiger partial charge in [0.25, 0.3) is 0 Å². The summed E-state index contributed by atoms with van der Waals surface area (Å²) in [5.74, 6) is 1.80. The third-order valence-corrected chi connectivity index (χ3v) is 3.38.